The molecule has 2 heterocycles. The van der Waals surface area contributed by atoms with Crippen molar-refractivity contribution in [2.45, 2.75) is 40.7 Å². The Labute approximate surface area is 127 Å². The fourth-order valence-corrected chi connectivity index (χ4v) is 2.02. The van der Waals surface area contributed by atoms with E-state index in [0.29, 0.717) is 28.4 Å². The van der Waals surface area contributed by atoms with Crippen molar-refractivity contribution in [3.05, 3.63) is 34.5 Å². The Balaban J connectivity index is 2.03. The predicted octanol–water partition coefficient (Wildman–Crippen LogP) is 2.69. The molecule has 22 heavy (non-hydrogen) atoms. The van der Waals surface area contributed by atoms with E-state index >= 15 is 0 Å². The zero-order chi connectivity index (χ0) is 16.4. The molecule has 0 fully saturated rings. The number of hydrogen-bond donors (Lipinski definition) is 1. The van der Waals surface area contributed by atoms with E-state index in [-0.39, 0.29) is 5.82 Å². The summed E-state index contributed by atoms with van der Waals surface area (Å²) in [6.45, 7) is 8.41. The highest BCUT2D eigenvalue weighted by molar-refractivity contribution is 5.97. The van der Waals surface area contributed by atoms with Crippen LogP contribution in [0.25, 0.3) is 0 Å². The van der Waals surface area contributed by atoms with Gasteiger partial charge in [-0.1, -0.05) is 5.16 Å². The maximum atomic E-state index is 12.2. The van der Waals surface area contributed by atoms with Crippen LogP contribution in [0.3, 0.4) is 0 Å². The van der Waals surface area contributed by atoms with Gasteiger partial charge in [0.25, 0.3) is 5.91 Å². The minimum Gasteiger partial charge on any atom is -0.465 e. The van der Waals surface area contributed by atoms with E-state index in [1.807, 2.05) is 0 Å². The van der Waals surface area contributed by atoms with Gasteiger partial charge in [-0.3, -0.25) is 4.79 Å². The molecule has 0 aliphatic carbocycles. The molecule has 0 aliphatic heterocycles. The molecule has 0 aromatic carbocycles. The molecule has 7 heteroatoms. The Morgan fingerprint density at radius 2 is 1.91 bits per heavy atom. The minimum atomic E-state index is -0.974. The molecule has 0 spiro atoms. The van der Waals surface area contributed by atoms with E-state index in [4.69, 9.17) is 13.7 Å². The molecule has 0 saturated carbocycles. The van der Waals surface area contributed by atoms with Crippen molar-refractivity contribution in [3.63, 3.8) is 0 Å². The second-order valence-corrected chi connectivity index (χ2v) is 5.07. The summed E-state index contributed by atoms with van der Waals surface area (Å²) in [7, 11) is 0. The molecule has 0 saturated heterocycles. The number of amides is 1. The molecule has 0 unspecified atom stereocenters. The maximum absolute atomic E-state index is 12.2. The van der Waals surface area contributed by atoms with Gasteiger partial charge < -0.3 is 19.0 Å². The van der Waals surface area contributed by atoms with Crippen molar-refractivity contribution >= 4 is 17.7 Å². The number of furan rings is 1. The van der Waals surface area contributed by atoms with Crippen molar-refractivity contribution in [1.82, 2.24) is 5.16 Å². The lowest BCUT2D eigenvalue weighted by molar-refractivity contribution is -0.123. The number of hydrogen-bond acceptors (Lipinski definition) is 6. The van der Waals surface area contributed by atoms with E-state index in [1.54, 1.807) is 33.8 Å². The van der Waals surface area contributed by atoms with Crippen molar-refractivity contribution in [1.29, 1.82) is 0 Å². The van der Waals surface area contributed by atoms with Gasteiger partial charge in [0.05, 0.1) is 0 Å². The standard InChI is InChI=1S/C15H18N2O5/c1-7-6-12(17-22-7)16-14(18)11(5)21-15(19)13-8(2)9(3)20-10(13)4/h6,11H,1-5H3,(H,16,17,18)/t11-/m0/s1. The van der Waals surface area contributed by atoms with E-state index in [0.717, 1.165) is 0 Å². The first kappa shape index (κ1) is 15.8. The van der Waals surface area contributed by atoms with Crippen molar-refractivity contribution < 1.29 is 23.3 Å². The van der Waals surface area contributed by atoms with Gasteiger partial charge in [-0.25, -0.2) is 4.79 Å². The second-order valence-electron chi connectivity index (χ2n) is 5.07. The van der Waals surface area contributed by atoms with Crippen LogP contribution in [0.5, 0.6) is 0 Å². The summed E-state index contributed by atoms with van der Waals surface area (Å²) in [6, 6.07) is 1.57. The molecule has 118 valence electrons. The van der Waals surface area contributed by atoms with Gasteiger partial charge in [0.15, 0.2) is 11.9 Å². The molecule has 0 radical (unpaired) electrons. The third-order valence-corrected chi connectivity index (χ3v) is 3.30. The first-order valence-corrected chi connectivity index (χ1v) is 6.81. The van der Waals surface area contributed by atoms with Crippen molar-refractivity contribution in [2.75, 3.05) is 5.32 Å². The van der Waals surface area contributed by atoms with Crippen LogP contribution in [0.2, 0.25) is 0 Å². The average molecular weight is 306 g/mol. The topological polar surface area (TPSA) is 94.6 Å². The molecule has 0 aliphatic rings. The molecule has 1 atom stereocenters. The summed E-state index contributed by atoms with van der Waals surface area (Å²) in [6.07, 6.45) is -0.974. The van der Waals surface area contributed by atoms with Gasteiger partial charge in [0, 0.05) is 11.6 Å². The van der Waals surface area contributed by atoms with Crippen LogP contribution in [0.1, 0.15) is 40.1 Å². The summed E-state index contributed by atoms with van der Waals surface area (Å²) < 4.78 is 15.4. The van der Waals surface area contributed by atoms with E-state index < -0.39 is 18.0 Å². The van der Waals surface area contributed by atoms with E-state index in [1.165, 1.54) is 6.92 Å². The van der Waals surface area contributed by atoms with Gasteiger partial charge in [0.1, 0.15) is 22.8 Å². The lowest BCUT2D eigenvalue weighted by Crippen LogP contribution is -2.30. The second kappa shape index (κ2) is 6.05. The smallest absolute Gasteiger partial charge is 0.342 e. The lowest BCUT2D eigenvalue weighted by atomic mass is 10.1. The van der Waals surface area contributed by atoms with Gasteiger partial charge in [-0.05, 0) is 34.6 Å². The quantitative estimate of drug-likeness (QED) is 0.873. The van der Waals surface area contributed by atoms with Crippen LogP contribution in [0.4, 0.5) is 5.82 Å². The van der Waals surface area contributed by atoms with Crippen LogP contribution in [0.15, 0.2) is 15.0 Å². The summed E-state index contributed by atoms with van der Waals surface area (Å²) in [5.41, 5.74) is 1.07. The minimum absolute atomic E-state index is 0.275. The molecular weight excluding hydrogens is 288 g/mol. The summed E-state index contributed by atoms with van der Waals surface area (Å²) >= 11 is 0. The number of carbonyl (C=O) groups is 2. The van der Waals surface area contributed by atoms with E-state index in [2.05, 4.69) is 10.5 Å². The normalized spacial score (nSPS) is 12.0. The number of esters is 1. The summed E-state index contributed by atoms with van der Waals surface area (Å²) in [5, 5.41) is 6.15. The van der Waals surface area contributed by atoms with Crippen LogP contribution in [-0.4, -0.2) is 23.1 Å². The number of nitrogens with zero attached hydrogens (tertiary/aromatic N) is 1. The van der Waals surface area contributed by atoms with Crippen molar-refractivity contribution in [2.24, 2.45) is 0 Å². The molecule has 0 bridgehead atoms. The van der Waals surface area contributed by atoms with Crippen LogP contribution in [-0.2, 0) is 9.53 Å². The average Bonchev–Trinajstić information content (AvgIpc) is 2.93. The zero-order valence-corrected chi connectivity index (χ0v) is 13.1. The first-order chi connectivity index (χ1) is 10.3. The molecule has 2 aromatic rings. The van der Waals surface area contributed by atoms with Crippen molar-refractivity contribution in [3.8, 4) is 0 Å². The first-order valence-electron chi connectivity index (χ1n) is 6.81. The number of ether oxygens (including phenoxy) is 1. The Bertz CT molecular complexity index is 714. The number of aryl methyl sites for hydroxylation is 3. The third-order valence-electron chi connectivity index (χ3n) is 3.30. The molecule has 1 N–H and O–H groups in total. The monoisotopic (exact) mass is 306 g/mol. The van der Waals surface area contributed by atoms with Crippen LogP contribution < -0.4 is 5.32 Å². The molecular formula is C15H18N2O5. The lowest BCUT2D eigenvalue weighted by Gasteiger charge is -2.12. The highest BCUT2D eigenvalue weighted by Gasteiger charge is 2.25. The largest absolute Gasteiger partial charge is 0.465 e. The molecule has 7 nitrogen and oxygen atoms in total. The number of rotatable bonds is 4. The summed E-state index contributed by atoms with van der Waals surface area (Å²) in [4.78, 5) is 24.1. The highest BCUT2D eigenvalue weighted by Crippen LogP contribution is 2.22. The maximum Gasteiger partial charge on any atom is 0.342 e. The predicted molar refractivity (Wildman–Crippen MR) is 77.7 cm³/mol. The third kappa shape index (κ3) is 3.19. The summed E-state index contributed by atoms with van der Waals surface area (Å²) in [5.74, 6) is 0.888. The van der Waals surface area contributed by atoms with Gasteiger partial charge in [0.2, 0.25) is 0 Å². The zero-order valence-electron chi connectivity index (χ0n) is 13.1. The number of aromatic nitrogens is 1. The van der Waals surface area contributed by atoms with E-state index in [9.17, 15) is 9.59 Å². The Morgan fingerprint density at radius 1 is 1.23 bits per heavy atom. The Kier molecular flexibility index (Phi) is 4.35. The Morgan fingerprint density at radius 3 is 2.41 bits per heavy atom. The Hall–Kier alpha value is -2.57. The number of nitrogens with one attached hydrogen (secondary N) is 1. The molecule has 2 aromatic heterocycles. The molecule has 1 amide bonds. The van der Waals surface area contributed by atoms with Gasteiger partial charge in [-0.2, -0.15) is 0 Å². The molecule has 2 rings (SSSR count). The van der Waals surface area contributed by atoms with Crippen LogP contribution >= 0.6 is 0 Å². The number of carbonyl (C=O) groups excluding carboxylic acids is 2. The fraction of sp³-hybridized carbons (Fsp3) is 0.400. The van der Waals surface area contributed by atoms with Crippen LogP contribution in [0, 0.1) is 27.7 Å². The van der Waals surface area contributed by atoms with Gasteiger partial charge >= 0.3 is 5.97 Å². The SMILES string of the molecule is Cc1cc(NC(=O)[C@H](C)OC(=O)c2c(C)oc(C)c2C)no1. The highest BCUT2D eigenvalue weighted by atomic mass is 16.5. The fourth-order valence-electron chi connectivity index (χ4n) is 2.02. The van der Waals surface area contributed by atoms with Gasteiger partial charge in [-0.15, -0.1) is 0 Å². The number of anilines is 1.